The average Bonchev–Trinajstić information content (AvgIpc) is 2.27. The summed E-state index contributed by atoms with van der Waals surface area (Å²) in [6, 6.07) is 10.2. The van der Waals surface area contributed by atoms with Crippen LogP contribution in [0.3, 0.4) is 0 Å². The van der Waals surface area contributed by atoms with Gasteiger partial charge in [-0.3, -0.25) is 0 Å². The van der Waals surface area contributed by atoms with E-state index in [2.05, 4.69) is 19.2 Å². The number of aryl methyl sites for hydroxylation is 1. The number of benzene rings is 1. The summed E-state index contributed by atoms with van der Waals surface area (Å²) in [5.41, 5.74) is 0.741. The average molecular weight is 183 g/mol. The van der Waals surface area contributed by atoms with E-state index in [1.165, 1.54) is 0 Å². The van der Waals surface area contributed by atoms with Crippen LogP contribution >= 0.6 is 0 Å². The fourth-order valence-corrected chi connectivity index (χ4v) is 1.58. The number of nitrogens with zero attached hydrogens (tertiary/aromatic N) is 2. The van der Waals surface area contributed by atoms with Gasteiger partial charge in [0, 0.05) is 10.8 Å². The Bertz CT molecular complexity index is 509. The molecule has 14 heavy (non-hydrogen) atoms. The summed E-state index contributed by atoms with van der Waals surface area (Å²) in [5, 5.41) is 11.1. The molecule has 0 atom stereocenters. The number of rotatable bonds is 1. The van der Waals surface area contributed by atoms with E-state index in [1.54, 1.807) is 0 Å². The van der Waals surface area contributed by atoms with Crippen molar-refractivity contribution in [3.05, 3.63) is 42.2 Å². The van der Waals surface area contributed by atoms with Crippen molar-refractivity contribution in [1.82, 2.24) is 0 Å². The van der Waals surface area contributed by atoms with Crippen LogP contribution in [0.4, 0.5) is 0 Å². The molecule has 2 rings (SSSR count). The molecule has 2 nitrogen and oxygen atoms in total. The number of hydrogen-bond donors (Lipinski definition) is 0. The summed E-state index contributed by atoms with van der Waals surface area (Å²) in [6.45, 7) is 2.95. The Hall–Kier alpha value is -1.88. The fraction of sp³-hybridized carbons (Fsp3) is 0.167. The molecule has 0 spiro atoms. The minimum atomic E-state index is 0.741. The van der Waals surface area contributed by atoms with Crippen LogP contribution in [0.25, 0.3) is 10.8 Å². The van der Waals surface area contributed by atoms with Crippen molar-refractivity contribution in [2.45, 2.75) is 13.5 Å². The number of hydrogen-bond acceptors (Lipinski definition) is 1. The van der Waals surface area contributed by atoms with Gasteiger partial charge in [-0.15, -0.1) is 0 Å². The molecule has 0 aliphatic rings. The molecule has 0 saturated carbocycles. The fourth-order valence-electron chi connectivity index (χ4n) is 1.58. The van der Waals surface area contributed by atoms with Gasteiger partial charge >= 0.3 is 0 Å². The van der Waals surface area contributed by atoms with E-state index in [9.17, 15) is 0 Å². The second-order valence-corrected chi connectivity index (χ2v) is 3.20. The van der Waals surface area contributed by atoms with E-state index >= 15 is 0 Å². The summed E-state index contributed by atoms with van der Waals surface area (Å²) in [4.78, 5) is 0. The lowest BCUT2D eigenvalue weighted by Crippen LogP contribution is -2.31. The van der Waals surface area contributed by atoms with Crippen molar-refractivity contribution in [3.8, 4) is 6.07 Å². The maximum atomic E-state index is 8.99. The van der Waals surface area contributed by atoms with Gasteiger partial charge in [0.15, 0.2) is 12.4 Å². The normalized spacial score (nSPS) is 10.0. The minimum Gasteiger partial charge on any atom is -0.204 e. The summed E-state index contributed by atoms with van der Waals surface area (Å²) < 4.78 is 2.03. The van der Waals surface area contributed by atoms with E-state index < -0.39 is 0 Å². The molecule has 68 valence electrons. The molecule has 0 bridgehead atoms. The van der Waals surface area contributed by atoms with Crippen LogP contribution in [0.5, 0.6) is 0 Å². The maximum Gasteiger partial charge on any atom is 0.187 e. The molecule has 0 radical (unpaired) electrons. The van der Waals surface area contributed by atoms with Crippen LogP contribution in [-0.4, -0.2) is 0 Å². The molecule has 2 aromatic rings. The lowest BCUT2D eigenvalue weighted by molar-refractivity contribution is -0.692. The quantitative estimate of drug-likeness (QED) is 0.621. The third-order valence-corrected chi connectivity index (χ3v) is 2.34. The molecule has 0 aliphatic heterocycles. The molecule has 0 unspecified atom stereocenters. The van der Waals surface area contributed by atoms with Crippen LogP contribution in [0.2, 0.25) is 0 Å². The van der Waals surface area contributed by atoms with Gasteiger partial charge in [-0.2, -0.15) is 5.26 Å². The molecule has 1 aromatic heterocycles. The zero-order valence-corrected chi connectivity index (χ0v) is 8.07. The number of fused-ring (bicyclic) bond motifs is 1. The lowest BCUT2D eigenvalue weighted by Gasteiger charge is -1.98. The van der Waals surface area contributed by atoms with E-state index in [0.29, 0.717) is 0 Å². The largest absolute Gasteiger partial charge is 0.204 e. The van der Waals surface area contributed by atoms with Gasteiger partial charge in [-0.05, 0) is 13.0 Å². The van der Waals surface area contributed by atoms with Gasteiger partial charge in [0.2, 0.25) is 0 Å². The van der Waals surface area contributed by atoms with Gasteiger partial charge in [0.05, 0.1) is 0 Å². The Balaban J connectivity index is 2.82. The van der Waals surface area contributed by atoms with Crippen LogP contribution in [-0.2, 0) is 6.54 Å². The first kappa shape index (κ1) is 8.71. The van der Waals surface area contributed by atoms with E-state index in [-0.39, 0.29) is 0 Å². The molecule has 0 aliphatic carbocycles. The predicted molar refractivity (Wildman–Crippen MR) is 54.5 cm³/mol. The molecule has 1 aromatic carbocycles. The molecular weight excluding hydrogens is 172 g/mol. The second kappa shape index (κ2) is 3.47. The van der Waals surface area contributed by atoms with E-state index in [4.69, 9.17) is 5.26 Å². The number of nitriles is 1. The van der Waals surface area contributed by atoms with Crippen molar-refractivity contribution in [2.24, 2.45) is 0 Å². The van der Waals surface area contributed by atoms with E-state index in [1.807, 2.05) is 35.0 Å². The monoisotopic (exact) mass is 183 g/mol. The van der Waals surface area contributed by atoms with Crippen molar-refractivity contribution in [3.63, 3.8) is 0 Å². The Labute approximate surface area is 83.0 Å². The zero-order valence-electron chi connectivity index (χ0n) is 8.07. The Morgan fingerprint density at radius 3 is 2.79 bits per heavy atom. The van der Waals surface area contributed by atoms with Crippen LogP contribution in [0.15, 0.2) is 36.7 Å². The van der Waals surface area contributed by atoms with Gasteiger partial charge in [0.1, 0.15) is 18.2 Å². The van der Waals surface area contributed by atoms with Crippen LogP contribution in [0.1, 0.15) is 12.5 Å². The summed E-state index contributed by atoms with van der Waals surface area (Å²) >= 11 is 0. The van der Waals surface area contributed by atoms with Gasteiger partial charge in [0.25, 0.3) is 0 Å². The topological polar surface area (TPSA) is 27.7 Å². The smallest absolute Gasteiger partial charge is 0.187 e. The van der Waals surface area contributed by atoms with Gasteiger partial charge in [-0.1, -0.05) is 18.2 Å². The van der Waals surface area contributed by atoms with Crippen LogP contribution < -0.4 is 4.57 Å². The molecule has 0 amide bonds. The number of aromatic nitrogens is 1. The Morgan fingerprint density at radius 2 is 2.07 bits per heavy atom. The highest BCUT2D eigenvalue weighted by Gasteiger charge is 2.06. The molecule has 1 heterocycles. The minimum absolute atomic E-state index is 0.741. The van der Waals surface area contributed by atoms with Gasteiger partial charge in [-0.25, -0.2) is 4.57 Å². The van der Waals surface area contributed by atoms with E-state index in [0.717, 1.165) is 22.9 Å². The summed E-state index contributed by atoms with van der Waals surface area (Å²) in [6.07, 6.45) is 3.96. The summed E-state index contributed by atoms with van der Waals surface area (Å²) in [7, 11) is 0. The third-order valence-electron chi connectivity index (χ3n) is 2.34. The molecule has 0 fully saturated rings. The van der Waals surface area contributed by atoms with Crippen molar-refractivity contribution in [1.29, 1.82) is 5.26 Å². The highest BCUT2D eigenvalue weighted by atomic mass is 14.9. The highest BCUT2D eigenvalue weighted by Crippen LogP contribution is 2.14. The first-order valence-electron chi connectivity index (χ1n) is 4.67. The highest BCUT2D eigenvalue weighted by molar-refractivity contribution is 5.85. The predicted octanol–water partition coefficient (Wildman–Crippen LogP) is 2.02. The molecule has 0 saturated heterocycles. The van der Waals surface area contributed by atoms with Crippen molar-refractivity contribution >= 4 is 10.8 Å². The Morgan fingerprint density at radius 1 is 1.29 bits per heavy atom. The first-order valence-corrected chi connectivity index (χ1v) is 4.67. The summed E-state index contributed by atoms with van der Waals surface area (Å²) in [5.74, 6) is 0. The maximum absolute atomic E-state index is 8.99. The third kappa shape index (κ3) is 1.33. The van der Waals surface area contributed by atoms with Crippen molar-refractivity contribution in [2.75, 3.05) is 0 Å². The SMILES string of the molecule is CC[n+]1cc(C#N)c2ccccc2c1. The zero-order chi connectivity index (χ0) is 9.97. The Kier molecular flexibility index (Phi) is 2.16. The first-order chi connectivity index (χ1) is 6.85. The molecular formula is C12H11N2+. The molecule has 0 N–H and O–H groups in total. The second-order valence-electron chi connectivity index (χ2n) is 3.20. The van der Waals surface area contributed by atoms with Gasteiger partial charge < -0.3 is 0 Å². The lowest BCUT2D eigenvalue weighted by atomic mass is 10.1. The van der Waals surface area contributed by atoms with Crippen LogP contribution in [0, 0.1) is 11.3 Å². The molecule has 2 heteroatoms. The standard InChI is InChI=1S/C12H11N2/c1-2-14-8-10-5-3-4-6-12(10)11(7-13)9-14/h3-6,8-9H,2H2,1H3/q+1. The van der Waals surface area contributed by atoms with Crippen molar-refractivity contribution < 1.29 is 4.57 Å². The number of pyridine rings is 1.